The van der Waals surface area contributed by atoms with E-state index in [-0.39, 0.29) is 17.9 Å². The van der Waals surface area contributed by atoms with Crippen LogP contribution in [0.3, 0.4) is 0 Å². The van der Waals surface area contributed by atoms with Crippen molar-refractivity contribution in [2.24, 2.45) is 5.92 Å². The summed E-state index contributed by atoms with van der Waals surface area (Å²) in [5.41, 5.74) is 7.41. The van der Waals surface area contributed by atoms with Gasteiger partial charge in [-0.2, -0.15) is 0 Å². The lowest BCUT2D eigenvalue weighted by molar-refractivity contribution is -0.148. The summed E-state index contributed by atoms with van der Waals surface area (Å²) in [6, 6.07) is 9.71. The van der Waals surface area contributed by atoms with E-state index in [4.69, 9.17) is 0 Å². The molecule has 0 aromatic heterocycles. The summed E-state index contributed by atoms with van der Waals surface area (Å²) < 4.78 is 0. The van der Waals surface area contributed by atoms with Gasteiger partial charge in [0, 0.05) is 0 Å². The highest BCUT2D eigenvalue weighted by molar-refractivity contribution is 6.83. The molecule has 1 aliphatic heterocycles. The van der Waals surface area contributed by atoms with Crippen molar-refractivity contribution in [1.82, 2.24) is 5.01 Å². The van der Waals surface area contributed by atoms with E-state index in [1.165, 1.54) is 0 Å². The molecular formula is C15H20N2OSi. The predicted octanol–water partition coefficient (Wildman–Crippen LogP) is 2.74. The van der Waals surface area contributed by atoms with Crippen LogP contribution in [0.5, 0.6) is 0 Å². The average molecular weight is 272 g/mol. The summed E-state index contributed by atoms with van der Waals surface area (Å²) in [7, 11) is -1.40. The minimum absolute atomic E-state index is 0.0138. The van der Waals surface area contributed by atoms with E-state index < -0.39 is 8.07 Å². The van der Waals surface area contributed by atoms with Crippen LogP contribution in [0.1, 0.15) is 6.92 Å². The number of nitrogens with one attached hydrogen (secondary N) is 1. The van der Waals surface area contributed by atoms with Gasteiger partial charge in [0.05, 0.1) is 11.6 Å². The number of carbonyl (C=O) groups is 1. The van der Waals surface area contributed by atoms with E-state index in [1.807, 2.05) is 37.3 Å². The van der Waals surface area contributed by atoms with Crippen molar-refractivity contribution in [3.05, 3.63) is 30.3 Å². The molecule has 1 fully saturated rings. The fourth-order valence-corrected chi connectivity index (χ4v) is 2.47. The number of rotatable bonds is 2. The van der Waals surface area contributed by atoms with Crippen LogP contribution >= 0.6 is 0 Å². The number of β-lactam (4-membered cyclic amide) rings is 1. The van der Waals surface area contributed by atoms with Crippen LogP contribution in [-0.4, -0.2) is 25.0 Å². The van der Waals surface area contributed by atoms with Crippen LogP contribution < -0.4 is 5.43 Å². The highest BCUT2D eigenvalue weighted by Crippen LogP contribution is 2.26. The molecule has 1 saturated heterocycles. The second-order valence-electron chi connectivity index (χ2n) is 5.94. The number of carbonyl (C=O) groups excluding carboxylic acids is 1. The summed E-state index contributed by atoms with van der Waals surface area (Å²) in [5, 5.41) is 1.65. The molecule has 100 valence electrons. The van der Waals surface area contributed by atoms with Crippen molar-refractivity contribution in [3.63, 3.8) is 0 Å². The second-order valence-corrected chi connectivity index (χ2v) is 10.7. The molecule has 0 spiro atoms. The molecule has 0 unspecified atom stereocenters. The van der Waals surface area contributed by atoms with E-state index in [0.29, 0.717) is 0 Å². The third-order valence-corrected chi connectivity index (χ3v) is 3.89. The fourth-order valence-electron chi connectivity index (χ4n) is 1.89. The number of nitrogens with zero attached hydrogens (tertiary/aromatic N) is 1. The quantitative estimate of drug-likeness (QED) is 0.510. The molecule has 1 amide bonds. The zero-order valence-electron chi connectivity index (χ0n) is 11.9. The van der Waals surface area contributed by atoms with Crippen molar-refractivity contribution in [2.45, 2.75) is 32.6 Å². The Morgan fingerprint density at radius 1 is 1.21 bits per heavy atom. The molecule has 1 N–H and O–H groups in total. The molecule has 1 heterocycles. The lowest BCUT2D eigenvalue weighted by Crippen LogP contribution is -2.61. The average Bonchev–Trinajstić information content (AvgIpc) is 2.37. The number of hydrogen-bond donors (Lipinski definition) is 1. The van der Waals surface area contributed by atoms with Crippen molar-refractivity contribution in [3.8, 4) is 11.5 Å². The van der Waals surface area contributed by atoms with Gasteiger partial charge in [0.1, 0.15) is 14.1 Å². The van der Waals surface area contributed by atoms with Crippen LogP contribution in [0.25, 0.3) is 0 Å². The largest absolute Gasteiger partial charge is 0.295 e. The first-order valence-electron chi connectivity index (χ1n) is 6.56. The SMILES string of the molecule is C[C@@H]1C(=O)N(Nc2ccccc2)[C@H]1C#C[Si](C)(C)C. The maximum absolute atomic E-state index is 11.9. The zero-order valence-corrected chi connectivity index (χ0v) is 12.9. The van der Waals surface area contributed by atoms with Gasteiger partial charge in [0.15, 0.2) is 0 Å². The molecule has 19 heavy (non-hydrogen) atoms. The Morgan fingerprint density at radius 3 is 2.42 bits per heavy atom. The van der Waals surface area contributed by atoms with Crippen LogP contribution in [0.4, 0.5) is 5.69 Å². The molecule has 0 radical (unpaired) electrons. The third kappa shape index (κ3) is 3.18. The van der Waals surface area contributed by atoms with Gasteiger partial charge in [-0.1, -0.05) is 50.7 Å². The van der Waals surface area contributed by atoms with Gasteiger partial charge >= 0.3 is 0 Å². The Balaban J connectivity index is 2.10. The summed E-state index contributed by atoms with van der Waals surface area (Å²) >= 11 is 0. The van der Waals surface area contributed by atoms with E-state index in [1.54, 1.807) is 5.01 Å². The minimum Gasteiger partial charge on any atom is -0.295 e. The molecule has 2 rings (SSSR count). The first-order chi connectivity index (χ1) is 8.88. The number of hydrazine groups is 1. The van der Waals surface area contributed by atoms with Gasteiger partial charge in [-0.3, -0.25) is 10.2 Å². The van der Waals surface area contributed by atoms with Crippen LogP contribution in [0, 0.1) is 17.4 Å². The lowest BCUT2D eigenvalue weighted by Gasteiger charge is -2.43. The molecule has 1 aromatic rings. The lowest BCUT2D eigenvalue weighted by atomic mass is 9.92. The summed E-state index contributed by atoms with van der Waals surface area (Å²) in [4.78, 5) is 11.9. The van der Waals surface area contributed by atoms with Gasteiger partial charge in [0.25, 0.3) is 0 Å². The van der Waals surface area contributed by atoms with Gasteiger partial charge in [-0.25, -0.2) is 5.01 Å². The molecule has 4 heteroatoms. The Hall–Kier alpha value is -1.73. The normalized spacial score (nSPS) is 22.3. The first kappa shape index (κ1) is 13.7. The summed E-state index contributed by atoms with van der Waals surface area (Å²) in [5.74, 6) is 3.36. The highest BCUT2D eigenvalue weighted by Gasteiger charge is 2.43. The fraction of sp³-hybridized carbons (Fsp3) is 0.400. The molecule has 1 aromatic carbocycles. The first-order valence-corrected chi connectivity index (χ1v) is 10.1. The summed E-state index contributed by atoms with van der Waals surface area (Å²) in [6.07, 6.45) is 0. The molecule has 1 aliphatic rings. The predicted molar refractivity (Wildman–Crippen MR) is 81.0 cm³/mol. The molecule has 0 saturated carbocycles. The molecule has 2 atom stereocenters. The summed E-state index contributed by atoms with van der Waals surface area (Å²) in [6.45, 7) is 8.56. The van der Waals surface area contributed by atoms with E-state index in [2.05, 4.69) is 36.5 Å². The number of benzene rings is 1. The zero-order chi connectivity index (χ0) is 14.0. The molecular weight excluding hydrogens is 252 g/mol. The van der Waals surface area contributed by atoms with E-state index in [9.17, 15) is 4.79 Å². The van der Waals surface area contributed by atoms with Crippen LogP contribution in [-0.2, 0) is 4.79 Å². The molecule has 0 bridgehead atoms. The van der Waals surface area contributed by atoms with E-state index in [0.717, 1.165) is 5.69 Å². The maximum atomic E-state index is 11.9. The smallest absolute Gasteiger partial charge is 0.248 e. The van der Waals surface area contributed by atoms with Gasteiger partial charge in [-0.05, 0) is 12.1 Å². The number of hydrogen-bond acceptors (Lipinski definition) is 2. The Labute approximate surface area is 116 Å². The molecule has 3 nitrogen and oxygen atoms in total. The number of amides is 1. The minimum atomic E-state index is -1.40. The van der Waals surface area contributed by atoms with Crippen molar-refractivity contribution < 1.29 is 4.79 Å². The van der Waals surface area contributed by atoms with Crippen molar-refractivity contribution >= 4 is 19.7 Å². The second kappa shape index (κ2) is 5.10. The van der Waals surface area contributed by atoms with Gasteiger partial charge in [-0.15, -0.1) is 5.54 Å². The maximum Gasteiger partial charge on any atom is 0.248 e. The van der Waals surface area contributed by atoms with Gasteiger partial charge < -0.3 is 0 Å². The van der Waals surface area contributed by atoms with Crippen molar-refractivity contribution in [2.75, 3.05) is 5.43 Å². The topological polar surface area (TPSA) is 32.3 Å². The number of anilines is 1. The standard InChI is InChI=1S/C15H20N2OSi/c1-12-14(10-11-19(2,3)4)17(15(12)18)16-13-8-6-5-7-9-13/h5-9,12,14,16H,1-4H3/t12-,14-/m0/s1. The Morgan fingerprint density at radius 2 is 1.84 bits per heavy atom. The van der Waals surface area contributed by atoms with Crippen LogP contribution in [0.2, 0.25) is 19.6 Å². The Kier molecular flexibility index (Phi) is 3.68. The van der Waals surface area contributed by atoms with Crippen LogP contribution in [0.15, 0.2) is 30.3 Å². The van der Waals surface area contributed by atoms with E-state index >= 15 is 0 Å². The third-order valence-electron chi connectivity index (χ3n) is 3.00. The Bertz CT molecular complexity index is 525. The molecule has 0 aliphatic carbocycles. The van der Waals surface area contributed by atoms with Crippen molar-refractivity contribution in [1.29, 1.82) is 0 Å². The highest BCUT2D eigenvalue weighted by atomic mass is 28.3. The van der Waals surface area contributed by atoms with Gasteiger partial charge in [0.2, 0.25) is 5.91 Å². The number of para-hydroxylation sites is 1. The monoisotopic (exact) mass is 272 g/mol.